The van der Waals surface area contributed by atoms with Gasteiger partial charge in [-0.3, -0.25) is 4.98 Å². The Morgan fingerprint density at radius 2 is 1.71 bits per heavy atom. The number of hydrogen-bond acceptors (Lipinski definition) is 6. The Hall–Kier alpha value is -2.78. The Kier molecular flexibility index (Phi) is 4.86. The van der Waals surface area contributed by atoms with Crippen molar-refractivity contribution in [3.05, 3.63) is 48.4 Å². The fourth-order valence-electron chi connectivity index (χ4n) is 3.22. The molecule has 1 aliphatic heterocycles. The van der Waals surface area contributed by atoms with Crippen LogP contribution in [0.2, 0.25) is 0 Å². The molecule has 9 heteroatoms. The van der Waals surface area contributed by atoms with Crippen LogP contribution in [-0.2, 0) is 10.9 Å². The molecule has 3 aromatic rings. The van der Waals surface area contributed by atoms with Crippen LogP contribution in [0, 0.1) is 0 Å². The van der Waals surface area contributed by atoms with E-state index in [9.17, 15) is 18.3 Å². The second-order valence-corrected chi connectivity index (χ2v) is 6.62. The van der Waals surface area contributed by atoms with Gasteiger partial charge in [-0.2, -0.15) is 13.2 Å². The summed E-state index contributed by atoms with van der Waals surface area (Å²) in [6.45, 7) is 0.736. The summed E-state index contributed by atoms with van der Waals surface area (Å²) in [4.78, 5) is 13.1. The van der Waals surface area contributed by atoms with Crippen molar-refractivity contribution in [2.45, 2.75) is 24.7 Å². The minimum Gasteiger partial charge on any atom is -0.391 e. The predicted octanol–water partition coefficient (Wildman–Crippen LogP) is 3.27. The van der Waals surface area contributed by atoms with Gasteiger partial charge in [-0.1, -0.05) is 12.1 Å². The van der Waals surface area contributed by atoms with E-state index >= 15 is 0 Å². The molecule has 0 amide bonds. The van der Waals surface area contributed by atoms with Gasteiger partial charge in [-0.15, -0.1) is 0 Å². The van der Waals surface area contributed by atoms with E-state index in [1.807, 2.05) is 0 Å². The number of nitrogens with zero attached hydrogens (tertiary/aromatic N) is 3. The van der Waals surface area contributed by atoms with Gasteiger partial charge in [-0.25, -0.2) is 9.97 Å². The maximum Gasteiger partial charge on any atom is 0.416 e. The molecular formula is C19H17F3N4O2. The van der Waals surface area contributed by atoms with Crippen molar-refractivity contribution in [1.29, 1.82) is 0 Å². The number of ether oxygens (including phenoxy) is 1. The second kappa shape index (κ2) is 7.33. The van der Waals surface area contributed by atoms with Crippen molar-refractivity contribution >= 4 is 16.9 Å². The van der Waals surface area contributed by atoms with Gasteiger partial charge in [0.15, 0.2) is 5.82 Å². The molecule has 1 saturated heterocycles. The van der Waals surface area contributed by atoms with Crippen LogP contribution < -0.4 is 5.32 Å². The molecule has 28 heavy (non-hydrogen) atoms. The zero-order valence-corrected chi connectivity index (χ0v) is 14.6. The summed E-state index contributed by atoms with van der Waals surface area (Å²) in [6, 6.07) is 4.73. The summed E-state index contributed by atoms with van der Waals surface area (Å²) in [5.74, 6) is 0.487. The number of rotatable bonds is 3. The van der Waals surface area contributed by atoms with E-state index in [-0.39, 0.29) is 6.04 Å². The Bertz CT molecular complexity index is 979. The lowest BCUT2D eigenvalue weighted by atomic mass is 10.0. The molecule has 146 valence electrons. The molecule has 6 nitrogen and oxygen atoms in total. The van der Waals surface area contributed by atoms with E-state index in [2.05, 4.69) is 20.3 Å². The highest BCUT2D eigenvalue weighted by Gasteiger charge is 2.30. The van der Waals surface area contributed by atoms with Crippen molar-refractivity contribution in [2.24, 2.45) is 0 Å². The quantitative estimate of drug-likeness (QED) is 0.715. The fourth-order valence-corrected chi connectivity index (χ4v) is 3.22. The third kappa shape index (κ3) is 3.76. The summed E-state index contributed by atoms with van der Waals surface area (Å²) in [5.41, 5.74) is 1.46. The first kappa shape index (κ1) is 18.6. The summed E-state index contributed by atoms with van der Waals surface area (Å²) in [5, 5.41) is 13.0. The third-order valence-electron chi connectivity index (χ3n) is 4.55. The molecule has 4 rings (SSSR count). The number of halogens is 3. The van der Waals surface area contributed by atoms with Gasteiger partial charge in [0.05, 0.1) is 30.9 Å². The number of pyridine rings is 1. The first-order valence-corrected chi connectivity index (χ1v) is 8.71. The number of aliphatic hydroxyl groups excluding tert-OH is 1. The van der Waals surface area contributed by atoms with Crippen molar-refractivity contribution in [3.8, 4) is 11.1 Å². The molecule has 0 spiro atoms. The number of aliphatic hydroxyl groups is 1. The molecule has 2 unspecified atom stereocenters. The number of benzene rings is 1. The van der Waals surface area contributed by atoms with E-state index in [1.165, 1.54) is 24.5 Å². The molecular weight excluding hydrogens is 373 g/mol. The topological polar surface area (TPSA) is 80.2 Å². The summed E-state index contributed by atoms with van der Waals surface area (Å²) < 4.78 is 43.8. The highest BCUT2D eigenvalue weighted by Crippen LogP contribution is 2.33. The Morgan fingerprint density at radius 1 is 1.00 bits per heavy atom. The number of anilines is 1. The average Bonchev–Trinajstić information content (AvgIpc) is 2.68. The number of aromatic nitrogens is 3. The highest BCUT2D eigenvalue weighted by atomic mass is 19.4. The van der Waals surface area contributed by atoms with Gasteiger partial charge in [0.1, 0.15) is 11.0 Å². The predicted molar refractivity (Wildman–Crippen MR) is 96.6 cm³/mol. The third-order valence-corrected chi connectivity index (χ3v) is 4.55. The molecule has 1 aromatic carbocycles. The van der Waals surface area contributed by atoms with Gasteiger partial charge < -0.3 is 15.2 Å². The van der Waals surface area contributed by atoms with Gasteiger partial charge in [-0.05, 0) is 24.1 Å². The van der Waals surface area contributed by atoms with Crippen molar-refractivity contribution in [1.82, 2.24) is 15.0 Å². The zero-order chi connectivity index (χ0) is 19.7. The highest BCUT2D eigenvalue weighted by molar-refractivity contribution is 5.96. The molecule has 2 N–H and O–H groups in total. The van der Waals surface area contributed by atoms with E-state index in [0.29, 0.717) is 47.6 Å². The Morgan fingerprint density at radius 3 is 2.39 bits per heavy atom. The van der Waals surface area contributed by atoms with Crippen LogP contribution in [0.3, 0.4) is 0 Å². The number of hydrogen-bond donors (Lipinski definition) is 2. The minimum atomic E-state index is -4.39. The molecule has 3 heterocycles. The van der Waals surface area contributed by atoms with Crippen LogP contribution >= 0.6 is 0 Å². The molecule has 2 atom stereocenters. The van der Waals surface area contributed by atoms with E-state index in [4.69, 9.17) is 4.74 Å². The smallest absolute Gasteiger partial charge is 0.391 e. The van der Waals surface area contributed by atoms with Gasteiger partial charge in [0.25, 0.3) is 0 Å². The fraction of sp³-hybridized carbons (Fsp3) is 0.316. The zero-order valence-electron chi connectivity index (χ0n) is 14.6. The maximum absolute atomic E-state index is 12.8. The van der Waals surface area contributed by atoms with E-state index in [0.717, 1.165) is 12.1 Å². The first-order valence-electron chi connectivity index (χ1n) is 8.71. The second-order valence-electron chi connectivity index (χ2n) is 6.62. The molecule has 0 saturated carbocycles. The monoisotopic (exact) mass is 390 g/mol. The van der Waals surface area contributed by atoms with Gasteiger partial charge in [0, 0.05) is 24.2 Å². The van der Waals surface area contributed by atoms with Crippen LogP contribution in [0.15, 0.2) is 42.9 Å². The largest absolute Gasteiger partial charge is 0.416 e. The maximum atomic E-state index is 12.8. The normalized spacial score (nSPS) is 20.3. The van der Waals surface area contributed by atoms with Crippen molar-refractivity contribution < 1.29 is 23.0 Å². The molecule has 1 fully saturated rings. The Balaban J connectivity index is 1.69. The van der Waals surface area contributed by atoms with Crippen LogP contribution in [0.25, 0.3) is 22.2 Å². The summed E-state index contributed by atoms with van der Waals surface area (Å²) in [7, 11) is 0. The van der Waals surface area contributed by atoms with Crippen LogP contribution in [0.5, 0.6) is 0 Å². The van der Waals surface area contributed by atoms with E-state index in [1.54, 1.807) is 6.20 Å². The van der Waals surface area contributed by atoms with Gasteiger partial charge in [0.2, 0.25) is 0 Å². The van der Waals surface area contributed by atoms with Crippen LogP contribution in [0.1, 0.15) is 12.0 Å². The summed E-state index contributed by atoms with van der Waals surface area (Å²) in [6.07, 6.45) is 0.186. The molecule has 0 bridgehead atoms. The SMILES string of the molecule is OC1COCC(Nc2ncc(-c3ccc(C(F)(F)F)cc3)c3nccnc23)C1. The number of nitrogens with one attached hydrogen (secondary N) is 1. The average molecular weight is 390 g/mol. The lowest BCUT2D eigenvalue weighted by molar-refractivity contribution is -0.137. The number of fused-ring (bicyclic) bond motifs is 1. The van der Waals surface area contributed by atoms with Crippen molar-refractivity contribution in [3.63, 3.8) is 0 Å². The minimum absolute atomic E-state index is 0.127. The lowest BCUT2D eigenvalue weighted by Crippen LogP contribution is -2.38. The lowest BCUT2D eigenvalue weighted by Gasteiger charge is -2.27. The standard InChI is InChI=1S/C19H17F3N4O2/c20-19(21,22)12-3-1-11(2-4-12)15-8-25-18(17-16(15)23-5-6-24-17)26-13-7-14(27)10-28-9-13/h1-6,8,13-14,27H,7,9-10H2,(H,25,26). The van der Waals surface area contributed by atoms with Crippen LogP contribution in [0.4, 0.5) is 19.0 Å². The summed E-state index contributed by atoms with van der Waals surface area (Å²) >= 11 is 0. The van der Waals surface area contributed by atoms with Crippen molar-refractivity contribution in [2.75, 3.05) is 18.5 Å². The van der Waals surface area contributed by atoms with Crippen LogP contribution in [-0.4, -0.2) is 45.4 Å². The molecule has 0 aliphatic carbocycles. The molecule has 1 aliphatic rings. The van der Waals surface area contributed by atoms with E-state index < -0.39 is 17.8 Å². The Labute approximate surface area is 158 Å². The first-order chi connectivity index (χ1) is 13.4. The number of alkyl halides is 3. The van der Waals surface area contributed by atoms with Gasteiger partial charge >= 0.3 is 6.18 Å². The molecule has 0 radical (unpaired) electrons. The molecule has 2 aromatic heterocycles.